The SMILES string of the molecule is CCC(C)CC(O)c1c(Cl)cnn1C(C)C. The van der Waals surface area contributed by atoms with E-state index >= 15 is 0 Å². The molecule has 0 saturated heterocycles. The number of halogens is 1. The molecule has 4 heteroatoms. The molecule has 0 aliphatic carbocycles. The number of aromatic nitrogens is 2. The molecule has 0 radical (unpaired) electrons. The first-order valence-electron chi connectivity index (χ1n) is 5.88. The maximum absolute atomic E-state index is 10.2. The van der Waals surface area contributed by atoms with Gasteiger partial charge in [-0.2, -0.15) is 5.10 Å². The minimum absolute atomic E-state index is 0.217. The number of hydrogen-bond donors (Lipinski definition) is 1. The first kappa shape index (κ1) is 13.5. The summed E-state index contributed by atoms with van der Waals surface area (Å²) in [5.41, 5.74) is 0.747. The molecule has 0 amide bonds. The van der Waals surface area contributed by atoms with Crippen molar-refractivity contribution < 1.29 is 5.11 Å². The Kier molecular flexibility index (Phi) is 4.81. The Hall–Kier alpha value is -0.540. The number of nitrogens with zero attached hydrogens (tertiary/aromatic N) is 2. The second-order valence-electron chi connectivity index (χ2n) is 4.68. The van der Waals surface area contributed by atoms with E-state index in [0.29, 0.717) is 10.9 Å². The predicted molar refractivity (Wildman–Crippen MR) is 66.7 cm³/mol. The van der Waals surface area contributed by atoms with Crippen molar-refractivity contribution in [1.82, 2.24) is 9.78 Å². The van der Waals surface area contributed by atoms with E-state index in [-0.39, 0.29) is 6.04 Å². The van der Waals surface area contributed by atoms with E-state index < -0.39 is 6.10 Å². The van der Waals surface area contributed by atoms with E-state index in [1.54, 1.807) is 10.9 Å². The predicted octanol–water partition coefficient (Wildman–Crippen LogP) is 3.59. The molecular formula is C12H21ClN2O. The second kappa shape index (κ2) is 5.69. The van der Waals surface area contributed by atoms with Crippen LogP contribution in [0.2, 0.25) is 5.02 Å². The summed E-state index contributed by atoms with van der Waals surface area (Å²) >= 11 is 6.07. The van der Waals surface area contributed by atoms with Crippen molar-refractivity contribution in [3.63, 3.8) is 0 Å². The largest absolute Gasteiger partial charge is 0.387 e. The zero-order valence-electron chi connectivity index (χ0n) is 10.4. The molecule has 0 fully saturated rings. The molecular weight excluding hydrogens is 224 g/mol. The van der Waals surface area contributed by atoms with Gasteiger partial charge in [-0.15, -0.1) is 0 Å². The fraction of sp³-hybridized carbons (Fsp3) is 0.750. The highest BCUT2D eigenvalue weighted by molar-refractivity contribution is 6.31. The number of aliphatic hydroxyl groups is 1. The van der Waals surface area contributed by atoms with Crippen LogP contribution in [0, 0.1) is 5.92 Å². The molecule has 0 saturated carbocycles. The standard InChI is InChI=1S/C12H21ClN2O/c1-5-9(4)6-11(16)12-10(13)7-14-15(12)8(2)3/h7-9,11,16H,5-6H2,1-4H3. The molecule has 1 aromatic heterocycles. The Morgan fingerprint density at radius 3 is 2.56 bits per heavy atom. The molecule has 0 bridgehead atoms. The molecule has 0 aliphatic rings. The zero-order chi connectivity index (χ0) is 12.3. The number of aliphatic hydroxyl groups excluding tert-OH is 1. The zero-order valence-corrected chi connectivity index (χ0v) is 11.2. The molecule has 0 aromatic carbocycles. The van der Waals surface area contributed by atoms with Crippen LogP contribution in [0.15, 0.2) is 6.20 Å². The van der Waals surface area contributed by atoms with Gasteiger partial charge in [-0.1, -0.05) is 31.9 Å². The van der Waals surface area contributed by atoms with E-state index in [1.165, 1.54) is 0 Å². The summed E-state index contributed by atoms with van der Waals surface area (Å²) in [5, 5.41) is 14.9. The normalized spacial score (nSPS) is 15.4. The molecule has 1 heterocycles. The molecule has 0 aliphatic heterocycles. The van der Waals surface area contributed by atoms with Crippen molar-refractivity contribution in [2.75, 3.05) is 0 Å². The molecule has 16 heavy (non-hydrogen) atoms. The maximum Gasteiger partial charge on any atom is 0.0974 e. The highest BCUT2D eigenvalue weighted by atomic mass is 35.5. The van der Waals surface area contributed by atoms with Crippen LogP contribution in [0.4, 0.5) is 0 Å². The summed E-state index contributed by atoms with van der Waals surface area (Å²) in [5.74, 6) is 0.488. The van der Waals surface area contributed by atoms with Crippen molar-refractivity contribution >= 4 is 11.6 Å². The summed E-state index contributed by atoms with van der Waals surface area (Å²) in [6.45, 7) is 8.32. The van der Waals surface area contributed by atoms with E-state index in [1.807, 2.05) is 13.8 Å². The van der Waals surface area contributed by atoms with E-state index in [4.69, 9.17) is 11.6 Å². The third-order valence-corrected chi connectivity index (χ3v) is 3.21. The molecule has 0 spiro atoms. The summed E-state index contributed by atoms with van der Waals surface area (Å²) in [4.78, 5) is 0. The topological polar surface area (TPSA) is 38.1 Å². The summed E-state index contributed by atoms with van der Waals surface area (Å²) in [6, 6.07) is 0.217. The van der Waals surface area contributed by atoms with E-state index in [0.717, 1.165) is 18.5 Å². The lowest BCUT2D eigenvalue weighted by Gasteiger charge is -2.19. The smallest absolute Gasteiger partial charge is 0.0974 e. The van der Waals surface area contributed by atoms with E-state index in [2.05, 4.69) is 18.9 Å². The van der Waals surface area contributed by atoms with Gasteiger partial charge in [0.2, 0.25) is 0 Å². The van der Waals surface area contributed by atoms with Gasteiger partial charge in [0, 0.05) is 6.04 Å². The Morgan fingerprint density at radius 1 is 1.44 bits per heavy atom. The molecule has 1 aromatic rings. The third kappa shape index (κ3) is 2.98. The lowest BCUT2D eigenvalue weighted by Crippen LogP contribution is -2.13. The molecule has 3 nitrogen and oxygen atoms in total. The monoisotopic (exact) mass is 244 g/mol. The average molecular weight is 245 g/mol. The number of hydrogen-bond acceptors (Lipinski definition) is 2. The quantitative estimate of drug-likeness (QED) is 0.860. The van der Waals surface area contributed by atoms with Gasteiger partial charge in [-0.05, 0) is 26.2 Å². The molecule has 2 unspecified atom stereocenters. The molecule has 1 N–H and O–H groups in total. The van der Waals surface area contributed by atoms with Crippen molar-refractivity contribution in [2.24, 2.45) is 5.92 Å². The highest BCUT2D eigenvalue weighted by Gasteiger charge is 2.20. The minimum Gasteiger partial charge on any atom is -0.387 e. The van der Waals surface area contributed by atoms with Crippen molar-refractivity contribution in [3.8, 4) is 0 Å². The van der Waals surface area contributed by atoms with Crippen molar-refractivity contribution in [3.05, 3.63) is 16.9 Å². The highest BCUT2D eigenvalue weighted by Crippen LogP contribution is 2.30. The van der Waals surface area contributed by atoms with Crippen LogP contribution >= 0.6 is 11.6 Å². The number of rotatable bonds is 5. The fourth-order valence-corrected chi connectivity index (χ4v) is 1.99. The maximum atomic E-state index is 10.2. The van der Waals surface area contributed by atoms with Crippen LogP contribution in [-0.4, -0.2) is 14.9 Å². The first-order valence-corrected chi connectivity index (χ1v) is 6.26. The Morgan fingerprint density at radius 2 is 2.06 bits per heavy atom. The van der Waals surface area contributed by atoms with E-state index in [9.17, 15) is 5.11 Å². The van der Waals surface area contributed by atoms with Crippen LogP contribution in [0.5, 0.6) is 0 Å². The van der Waals surface area contributed by atoms with Crippen molar-refractivity contribution in [1.29, 1.82) is 0 Å². The lowest BCUT2D eigenvalue weighted by atomic mass is 9.99. The van der Waals surface area contributed by atoms with Crippen LogP contribution in [0.3, 0.4) is 0 Å². The van der Waals surface area contributed by atoms with Gasteiger partial charge >= 0.3 is 0 Å². The van der Waals surface area contributed by atoms with Gasteiger partial charge in [0.1, 0.15) is 0 Å². The van der Waals surface area contributed by atoms with Crippen molar-refractivity contribution in [2.45, 2.75) is 52.7 Å². The Labute approximate surface area is 102 Å². The van der Waals surface area contributed by atoms with Gasteiger partial charge in [-0.25, -0.2) is 0 Å². The van der Waals surface area contributed by atoms with Gasteiger partial charge in [0.15, 0.2) is 0 Å². The molecule has 2 atom stereocenters. The van der Waals surface area contributed by atoms with Gasteiger partial charge in [0.05, 0.1) is 23.0 Å². The molecule has 1 rings (SSSR count). The first-order chi connectivity index (χ1) is 7.47. The molecule has 92 valence electrons. The second-order valence-corrected chi connectivity index (χ2v) is 5.09. The van der Waals surface area contributed by atoms with Crippen LogP contribution in [0.1, 0.15) is 58.4 Å². The Balaban J connectivity index is 2.89. The van der Waals surface area contributed by atoms with Crippen LogP contribution in [-0.2, 0) is 0 Å². The average Bonchev–Trinajstić information content (AvgIpc) is 2.59. The van der Waals surface area contributed by atoms with Gasteiger partial charge < -0.3 is 5.11 Å². The summed E-state index contributed by atoms with van der Waals surface area (Å²) in [7, 11) is 0. The fourth-order valence-electron chi connectivity index (χ4n) is 1.73. The Bertz CT molecular complexity index is 336. The summed E-state index contributed by atoms with van der Waals surface area (Å²) in [6.07, 6.45) is 2.88. The van der Waals surface area contributed by atoms with Crippen LogP contribution < -0.4 is 0 Å². The third-order valence-electron chi connectivity index (χ3n) is 2.91. The summed E-state index contributed by atoms with van der Waals surface area (Å²) < 4.78 is 1.80. The minimum atomic E-state index is -0.521. The van der Waals surface area contributed by atoms with Gasteiger partial charge in [-0.3, -0.25) is 4.68 Å². The van der Waals surface area contributed by atoms with Crippen LogP contribution in [0.25, 0.3) is 0 Å². The van der Waals surface area contributed by atoms with Gasteiger partial charge in [0.25, 0.3) is 0 Å². The lowest BCUT2D eigenvalue weighted by molar-refractivity contribution is 0.135.